The SMILES string of the molecule is COc1ccc(CC(=O)O[C@H](C)C(=O)N[C@@H](C)c2ccc(Cl)cc2Cl)cc1. The lowest BCUT2D eigenvalue weighted by Gasteiger charge is -2.19. The first kappa shape index (κ1) is 21.1. The summed E-state index contributed by atoms with van der Waals surface area (Å²) in [7, 11) is 1.57. The second-order valence-electron chi connectivity index (χ2n) is 6.05. The summed E-state index contributed by atoms with van der Waals surface area (Å²) in [4.78, 5) is 24.4. The third kappa shape index (κ3) is 6.15. The zero-order valence-corrected chi connectivity index (χ0v) is 16.8. The molecule has 5 nitrogen and oxygen atoms in total. The quantitative estimate of drug-likeness (QED) is 0.690. The van der Waals surface area contributed by atoms with E-state index in [0.29, 0.717) is 15.8 Å². The van der Waals surface area contributed by atoms with Crippen molar-refractivity contribution in [2.45, 2.75) is 32.4 Å². The number of hydrogen-bond acceptors (Lipinski definition) is 4. The van der Waals surface area contributed by atoms with Gasteiger partial charge in [0, 0.05) is 10.0 Å². The van der Waals surface area contributed by atoms with Crippen LogP contribution in [0.2, 0.25) is 10.0 Å². The van der Waals surface area contributed by atoms with E-state index >= 15 is 0 Å². The molecule has 2 atom stereocenters. The van der Waals surface area contributed by atoms with E-state index in [1.165, 1.54) is 6.92 Å². The summed E-state index contributed by atoms with van der Waals surface area (Å²) in [6, 6.07) is 11.8. The Bertz CT molecular complexity index is 808. The van der Waals surface area contributed by atoms with Gasteiger partial charge in [-0.25, -0.2) is 0 Å². The van der Waals surface area contributed by atoms with Crippen LogP contribution in [0.25, 0.3) is 0 Å². The number of hydrogen-bond donors (Lipinski definition) is 1. The number of benzene rings is 2. The molecule has 0 aromatic heterocycles. The van der Waals surface area contributed by atoms with Crippen LogP contribution in [-0.4, -0.2) is 25.1 Å². The summed E-state index contributed by atoms with van der Waals surface area (Å²) in [5, 5.41) is 3.75. The van der Waals surface area contributed by atoms with Crippen molar-refractivity contribution in [2.75, 3.05) is 7.11 Å². The topological polar surface area (TPSA) is 64.6 Å². The number of ether oxygens (including phenoxy) is 2. The van der Waals surface area contributed by atoms with Gasteiger partial charge in [0.05, 0.1) is 19.6 Å². The number of carbonyl (C=O) groups excluding carboxylic acids is 2. The third-order valence-electron chi connectivity index (χ3n) is 3.97. The molecule has 0 bridgehead atoms. The first-order chi connectivity index (χ1) is 12.8. The molecule has 27 heavy (non-hydrogen) atoms. The highest BCUT2D eigenvalue weighted by Gasteiger charge is 2.21. The van der Waals surface area contributed by atoms with Crippen molar-refractivity contribution in [3.63, 3.8) is 0 Å². The highest BCUT2D eigenvalue weighted by Crippen LogP contribution is 2.26. The van der Waals surface area contributed by atoms with Crippen LogP contribution in [0.5, 0.6) is 5.75 Å². The lowest BCUT2D eigenvalue weighted by atomic mass is 10.1. The summed E-state index contributed by atoms with van der Waals surface area (Å²) >= 11 is 12.0. The van der Waals surface area contributed by atoms with Crippen molar-refractivity contribution in [1.29, 1.82) is 0 Å². The molecule has 0 fully saturated rings. The predicted octanol–water partition coefficient (Wildman–Crippen LogP) is 4.35. The van der Waals surface area contributed by atoms with Crippen molar-refractivity contribution >= 4 is 35.1 Å². The van der Waals surface area contributed by atoms with Gasteiger partial charge in [0.1, 0.15) is 5.75 Å². The van der Waals surface area contributed by atoms with E-state index < -0.39 is 18.0 Å². The molecule has 0 radical (unpaired) electrons. The molecular formula is C20H21Cl2NO4. The van der Waals surface area contributed by atoms with E-state index in [9.17, 15) is 9.59 Å². The standard InChI is InChI=1S/C20H21Cl2NO4/c1-12(17-9-6-15(21)11-18(17)22)23-20(25)13(2)27-19(24)10-14-4-7-16(26-3)8-5-14/h4-9,11-13H,10H2,1-3H3,(H,23,25)/t12-,13+/m0/s1. The van der Waals surface area contributed by atoms with Gasteiger partial charge in [0.2, 0.25) is 0 Å². The van der Waals surface area contributed by atoms with Gasteiger partial charge in [-0.1, -0.05) is 41.4 Å². The van der Waals surface area contributed by atoms with Gasteiger partial charge in [0.15, 0.2) is 6.10 Å². The zero-order chi connectivity index (χ0) is 20.0. The minimum absolute atomic E-state index is 0.0696. The number of nitrogens with one attached hydrogen (secondary N) is 1. The second-order valence-corrected chi connectivity index (χ2v) is 6.90. The predicted molar refractivity (Wildman–Crippen MR) is 105 cm³/mol. The van der Waals surface area contributed by atoms with Crippen LogP contribution in [0.15, 0.2) is 42.5 Å². The molecule has 2 aromatic rings. The molecule has 0 aliphatic rings. The molecule has 1 amide bonds. The maximum absolute atomic E-state index is 12.3. The van der Waals surface area contributed by atoms with Crippen molar-refractivity contribution in [2.24, 2.45) is 0 Å². The van der Waals surface area contributed by atoms with Gasteiger partial charge < -0.3 is 14.8 Å². The Morgan fingerprint density at radius 1 is 1.07 bits per heavy atom. The van der Waals surface area contributed by atoms with Crippen LogP contribution in [0.1, 0.15) is 31.0 Å². The van der Waals surface area contributed by atoms with Crippen LogP contribution in [0.4, 0.5) is 0 Å². The van der Waals surface area contributed by atoms with Gasteiger partial charge in [-0.3, -0.25) is 9.59 Å². The number of rotatable bonds is 7. The average molecular weight is 410 g/mol. The van der Waals surface area contributed by atoms with E-state index in [2.05, 4.69) is 5.32 Å². The lowest BCUT2D eigenvalue weighted by molar-refractivity contribution is -0.154. The van der Waals surface area contributed by atoms with Gasteiger partial charge in [-0.15, -0.1) is 0 Å². The van der Waals surface area contributed by atoms with E-state index in [0.717, 1.165) is 11.1 Å². The molecule has 2 aromatic carbocycles. The minimum Gasteiger partial charge on any atom is -0.497 e. The highest BCUT2D eigenvalue weighted by molar-refractivity contribution is 6.35. The van der Waals surface area contributed by atoms with E-state index in [1.54, 1.807) is 56.5 Å². The van der Waals surface area contributed by atoms with Gasteiger partial charge in [0.25, 0.3) is 5.91 Å². The molecule has 0 unspecified atom stereocenters. The summed E-state index contributed by atoms with van der Waals surface area (Å²) in [5.41, 5.74) is 1.50. The number of amides is 1. The number of methoxy groups -OCH3 is 1. The van der Waals surface area contributed by atoms with Crippen LogP contribution in [-0.2, 0) is 20.7 Å². The highest BCUT2D eigenvalue weighted by atomic mass is 35.5. The summed E-state index contributed by atoms with van der Waals surface area (Å²) < 4.78 is 10.3. The fraction of sp³-hybridized carbons (Fsp3) is 0.300. The number of halogens is 2. The Hall–Kier alpha value is -2.24. The van der Waals surface area contributed by atoms with E-state index in [1.807, 2.05) is 0 Å². The van der Waals surface area contributed by atoms with Crippen molar-refractivity contribution in [3.8, 4) is 5.75 Å². The summed E-state index contributed by atoms with van der Waals surface area (Å²) in [6.45, 7) is 3.32. The summed E-state index contributed by atoms with van der Waals surface area (Å²) in [6.07, 6.45) is -0.857. The van der Waals surface area contributed by atoms with Crippen molar-refractivity contribution in [3.05, 3.63) is 63.6 Å². The monoisotopic (exact) mass is 409 g/mol. The molecule has 7 heteroatoms. The number of esters is 1. The minimum atomic E-state index is -0.927. The molecular weight excluding hydrogens is 389 g/mol. The van der Waals surface area contributed by atoms with Crippen LogP contribution in [0.3, 0.4) is 0 Å². The first-order valence-electron chi connectivity index (χ1n) is 8.38. The molecule has 144 valence electrons. The molecule has 0 heterocycles. The molecule has 0 aliphatic heterocycles. The third-order valence-corrected chi connectivity index (χ3v) is 4.54. The molecule has 0 saturated heterocycles. The van der Waals surface area contributed by atoms with Crippen LogP contribution < -0.4 is 10.1 Å². The van der Waals surface area contributed by atoms with E-state index in [-0.39, 0.29) is 12.5 Å². The zero-order valence-electron chi connectivity index (χ0n) is 15.3. The Labute approximate surface area is 168 Å². The Balaban J connectivity index is 1.89. The Morgan fingerprint density at radius 3 is 2.33 bits per heavy atom. The van der Waals surface area contributed by atoms with Crippen LogP contribution in [0, 0.1) is 0 Å². The van der Waals surface area contributed by atoms with Gasteiger partial charge in [-0.2, -0.15) is 0 Å². The van der Waals surface area contributed by atoms with Gasteiger partial charge >= 0.3 is 5.97 Å². The normalized spacial score (nSPS) is 12.8. The average Bonchev–Trinajstić information content (AvgIpc) is 2.61. The fourth-order valence-electron chi connectivity index (χ4n) is 2.46. The molecule has 1 N–H and O–H groups in total. The number of carbonyl (C=O) groups is 2. The summed E-state index contributed by atoms with van der Waals surface area (Å²) in [5.74, 6) is -0.189. The van der Waals surface area contributed by atoms with Gasteiger partial charge in [-0.05, 0) is 49.2 Å². The maximum Gasteiger partial charge on any atom is 0.311 e. The smallest absolute Gasteiger partial charge is 0.311 e. The molecule has 0 saturated carbocycles. The molecule has 0 aliphatic carbocycles. The van der Waals surface area contributed by atoms with Crippen molar-refractivity contribution in [1.82, 2.24) is 5.32 Å². The molecule has 0 spiro atoms. The Kier molecular flexibility index (Phi) is 7.51. The fourth-order valence-corrected chi connectivity index (χ4v) is 3.04. The largest absolute Gasteiger partial charge is 0.497 e. The first-order valence-corrected chi connectivity index (χ1v) is 9.13. The maximum atomic E-state index is 12.3. The van der Waals surface area contributed by atoms with Crippen molar-refractivity contribution < 1.29 is 19.1 Å². The second kappa shape index (κ2) is 9.62. The Morgan fingerprint density at radius 2 is 1.74 bits per heavy atom. The van der Waals surface area contributed by atoms with E-state index in [4.69, 9.17) is 32.7 Å². The molecule has 2 rings (SSSR count). The van der Waals surface area contributed by atoms with Crippen LogP contribution >= 0.6 is 23.2 Å². The lowest BCUT2D eigenvalue weighted by Crippen LogP contribution is -2.37.